The van der Waals surface area contributed by atoms with Crippen LogP contribution in [0.1, 0.15) is 32.1 Å². The van der Waals surface area contributed by atoms with E-state index in [-0.39, 0.29) is 0 Å². The van der Waals surface area contributed by atoms with Gasteiger partial charge in [0.1, 0.15) is 0 Å². The second-order valence-electron chi connectivity index (χ2n) is 6.18. The van der Waals surface area contributed by atoms with Gasteiger partial charge in [0.15, 0.2) is 0 Å². The molecule has 4 heteroatoms. The van der Waals surface area contributed by atoms with Gasteiger partial charge in [-0.25, -0.2) is 0 Å². The number of rotatable bonds is 5. The average Bonchev–Trinajstić information content (AvgIpc) is 2.64. The third-order valence-corrected chi connectivity index (χ3v) is 4.80. The number of nitrogens with zero attached hydrogens (tertiary/aromatic N) is 3. The van der Waals surface area contributed by atoms with Gasteiger partial charge in [-0.3, -0.25) is 4.90 Å². The van der Waals surface area contributed by atoms with Gasteiger partial charge in [-0.05, 0) is 58.9 Å². The van der Waals surface area contributed by atoms with E-state index in [2.05, 4.69) is 21.7 Å². The maximum Gasteiger partial charge on any atom is 0.0558 e. The molecule has 4 nitrogen and oxygen atoms in total. The van der Waals surface area contributed by atoms with Crippen molar-refractivity contribution in [3.63, 3.8) is 0 Å². The minimum absolute atomic E-state index is 0.298. The average molecular weight is 269 g/mol. The molecular weight excluding hydrogens is 238 g/mol. The van der Waals surface area contributed by atoms with Crippen LogP contribution in [-0.2, 0) is 0 Å². The number of likely N-dealkylation sites (tertiary alicyclic amines) is 1. The number of piperidine rings is 1. The molecule has 1 N–H and O–H groups in total. The molecule has 2 saturated heterocycles. The zero-order chi connectivity index (χ0) is 13.5. The first kappa shape index (κ1) is 15.2. The third kappa shape index (κ3) is 5.03. The van der Waals surface area contributed by atoms with E-state index in [9.17, 15) is 0 Å². The number of aliphatic hydroxyl groups is 1. The molecule has 0 amide bonds. The fourth-order valence-electron chi connectivity index (χ4n) is 3.45. The first-order chi connectivity index (χ1) is 9.29. The molecule has 1 unspecified atom stereocenters. The van der Waals surface area contributed by atoms with Crippen LogP contribution >= 0.6 is 0 Å². The Hall–Kier alpha value is -0.160. The van der Waals surface area contributed by atoms with Gasteiger partial charge in [0.2, 0.25) is 0 Å². The van der Waals surface area contributed by atoms with Gasteiger partial charge in [-0.1, -0.05) is 6.42 Å². The quantitative estimate of drug-likeness (QED) is 0.802. The topological polar surface area (TPSA) is 30.0 Å². The van der Waals surface area contributed by atoms with Crippen molar-refractivity contribution >= 4 is 0 Å². The highest BCUT2D eigenvalue weighted by molar-refractivity contribution is 4.77. The zero-order valence-corrected chi connectivity index (χ0v) is 12.6. The van der Waals surface area contributed by atoms with Crippen molar-refractivity contribution in [3.8, 4) is 0 Å². The summed E-state index contributed by atoms with van der Waals surface area (Å²) in [5.41, 5.74) is 0. The summed E-state index contributed by atoms with van der Waals surface area (Å²) in [5, 5.41) is 9.02. The van der Waals surface area contributed by atoms with Crippen molar-refractivity contribution in [2.24, 2.45) is 0 Å². The van der Waals surface area contributed by atoms with Gasteiger partial charge in [-0.15, -0.1) is 0 Å². The van der Waals surface area contributed by atoms with E-state index >= 15 is 0 Å². The highest BCUT2D eigenvalue weighted by Crippen LogP contribution is 2.18. The van der Waals surface area contributed by atoms with E-state index in [0.29, 0.717) is 6.61 Å². The maximum atomic E-state index is 9.02. The van der Waals surface area contributed by atoms with Crippen LogP contribution < -0.4 is 0 Å². The molecule has 2 aliphatic heterocycles. The lowest BCUT2D eigenvalue weighted by Crippen LogP contribution is -2.40. The van der Waals surface area contributed by atoms with Crippen LogP contribution in [0.15, 0.2) is 0 Å². The molecule has 0 radical (unpaired) electrons. The Morgan fingerprint density at radius 1 is 0.895 bits per heavy atom. The summed E-state index contributed by atoms with van der Waals surface area (Å²) >= 11 is 0. The predicted octanol–water partition coefficient (Wildman–Crippen LogP) is 0.861. The first-order valence-electron chi connectivity index (χ1n) is 8.05. The van der Waals surface area contributed by atoms with Crippen LogP contribution in [0.5, 0.6) is 0 Å². The summed E-state index contributed by atoms with van der Waals surface area (Å²) in [6.07, 6.45) is 6.77. The molecule has 0 aromatic heterocycles. The molecule has 112 valence electrons. The van der Waals surface area contributed by atoms with E-state index in [0.717, 1.165) is 25.7 Å². The van der Waals surface area contributed by atoms with E-state index in [4.69, 9.17) is 5.11 Å². The summed E-state index contributed by atoms with van der Waals surface area (Å²) < 4.78 is 0. The Morgan fingerprint density at radius 2 is 1.63 bits per heavy atom. The normalized spacial score (nSPS) is 28.4. The van der Waals surface area contributed by atoms with Crippen LogP contribution in [0.25, 0.3) is 0 Å². The molecule has 2 fully saturated rings. The minimum Gasteiger partial charge on any atom is -0.395 e. The summed E-state index contributed by atoms with van der Waals surface area (Å²) in [6, 6.07) is 0.811. The molecule has 2 heterocycles. The number of hydrogen-bond acceptors (Lipinski definition) is 4. The fraction of sp³-hybridized carbons (Fsp3) is 1.00. The van der Waals surface area contributed by atoms with Crippen LogP contribution in [0.3, 0.4) is 0 Å². The van der Waals surface area contributed by atoms with Crippen molar-refractivity contribution in [1.82, 2.24) is 14.7 Å². The smallest absolute Gasteiger partial charge is 0.0558 e. The highest BCUT2D eigenvalue weighted by atomic mass is 16.3. The molecule has 2 rings (SSSR count). The van der Waals surface area contributed by atoms with Gasteiger partial charge in [0, 0.05) is 25.7 Å². The van der Waals surface area contributed by atoms with Crippen molar-refractivity contribution in [1.29, 1.82) is 0 Å². The Bertz CT molecular complexity index is 250. The zero-order valence-electron chi connectivity index (χ0n) is 12.6. The van der Waals surface area contributed by atoms with Crippen molar-refractivity contribution in [2.45, 2.75) is 38.1 Å². The predicted molar refractivity (Wildman–Crippen MR) is 79.5 cm³/mol. The fourth-order valence-corrected chi connectivity index (χ4v) is 3.45. The molecule has 1 atom stereocenters. The summed E-state index contributed by atoms with van der Waals surface area (Å²) in [7, 11) is 2.29. The lowest BCUT2D eigenvalue weighted by Gasteiger charge is -2.34. The molecular formula is C15H31N3O. The molecule has 0 aromatic rings. The number of hydrogen-bond donors (Lipinski definition) is 1. The molecule has 2 aliphatic rings. The second kappa shape index (κ2) is 8.20. The molecule has 0 aromatic carbocycles. The van der Waals surface area contributed by atoms with Gasteiger partial charge in [-0.2, -0.15) is 0 Å². The minimum atomic E-state index is 0.298. The van der Waals surface area contributed by atoms with Crippen LogP contribution in [0.2, 0.25) is 0 Å². The largest absolute Gasteiger partial charge is 0.395 e. The van der Waals surface area contributed by atoms with Gasteiger partial charge >= 0.3 is 0 Å². The third-order valence-electron chi connectivity index (χ3n) is 4.80. The summed E-state index contributed by atoms with van der Waals surface area (Å²) in [4.78, 5) is 7.58. The van der Waals surface area contributed by atoms with E-state index < -0.39 is 0 Å². The van der Waals surface area contributed by atoms with Gasteiger partial charge < -0.3 is 14.9 Å². The van der Waals surface area contributed by atoms with E-state index in [1.54, 1.807) is 0 Å². The number of aliphatic hydroxyl groups excluding tert-OH is 1. The summed E-state index contributed by atoms with van der Waals surface area (Å²) in [5.74, 6) is 0. The Labute approximate surface area is 118 Å². The van der Waals surface area contributed by atoms with Gasteiger partial charge in [0.25, 0.3) is 0 Å². The standard InChI is InChI=1S/C15H31N3O/c1-16-7-3-2-5-15(16)6-10-17-8-4-9-18(12-11-17)13-14-19/h15,19H,2-14H2,1H3. The molecule has 0 bridgehead atoms. The van der Waals surface area contributed by atoms with Crippen molar-refractivity contribution in [3.05, 3.63) is 0 Å². The molecule has 0 aliphatic carbocycles. The highest BCUT2D eigenvalue weighted by Gasteiger charge is 2.20. The van der Waals surface area contributed by atoms with Crippen LogP contribution in [-0.4, -0.2) is 85.3 Å². The Kier molecular flexibility index (Phi) is 6.57. The maximum absolute atomic E-state index is 9.02. The van der Waals surface area contributed by atoms with Crippen molar-refractivity contribution < 1.29 is 5.11 Å². The lowest BCUT2D eigenvalue weighted by molar-refractivity contribution is 0.153. The molecule has 19 heavy (non-hydrogen) atoms. The van der Waals surface area contributed by atoms with Gasteiger partial charge in [0.05, 0.1) is 6.61 Å². The first-order valence-corrected chi connectivity index (χ1v) is 8.05. The van der Waals surface area contributed by atoms with E-state index in [1.165, 1.54) is 58.3 Å². The van der Waals surface area contributed by atoms with Crippen LogP contribution in [0, 0.1) is 0 Å². The lowest BCUT2D eigenvalue weighted by atomic mass is 10.00. The molecule has 0 saturated carbocycles. The van der Waals surface area contributed by atoms with Crippen molar-refractivity contribution in [2.75, 3.05) is 59.5 Å². The molecule has 0 spiro atoms. The van der Waals surface area contributed by atoms with E-state index in [1.807, 2.05) is 0 Å². The monoisotopic (exact) mass is 269 g/mol. The second-order valence-corrected chi connectivity index (χ2v) is 6.18. The Morgan fingerprint density at radius 3 is 2.32 bits per heavy atom. The Balaban J connectivity index is 1.68. The van der Waals surface area contributed by atoms with Crippen LogP contribution in [0.4, 0.5) is 0 Å². The number of β-amino-alcohol motifs (C(OH)–C–C–N with tert-alkyl or cyclic N) is 1. The summed E-state index contributed by atoms with van der Waals surface area (Å²) in [6.45, 7) is 8.37. The SMILES string of the molecule is CN1CCCCC1CCN1CCCN(CCO)CC1.